The molecule has 19 heavy (non-hydrogen) atoms. The summed E-state index contributed by atoms with van der Waals surface area (Å²) >= 11 is 0. The Bertz CT molecular complexity index is 452. The first-order valence-electron chi connectivity index (χ1n) is 6.34. The maximum atomic E-state index is 11.9. The van der Waals surface area contributed by atoms with E-state index in [4.69, 9.17) is 0 Å². The van der Waals surface area contributed by atoms with Crippen molar-refractivity contribution >= 4 is 24.3 Å². The second-order valence-electron chi connectivity index (χ2n) is 5.24. The van der Waals surface area contributed by atoms with Crippen LogP contribution in [0.25, 0.3) is 6.08 Å². The molecular weight excluding hydrogens is 258 g/mol. The van der Waals surface area contributed by atoms with E-state index in [-0.39, 0.29) is 24.1 Å². The molecule has 0 fully saturated rings. The minimum Gasteiger partial charge on any atom is -0.309 e. The highest BCUT2D eigenvalue weighted by Crippen LogP contribution is 2.11. The molecule has 0 N–H and O–H groups in total. The molecule has 0 saturated carbocycles. The molecule has 0 heterocycles. The number of nitrogens with zero attached hydrogens (tertiary/aromatic N) is 1. The van der Waals surface area contributed by atoms with Crippen molar-refractivity contribution in [1.82, 2.24) is 4.90 Å². The van der Waals surface area contributed by atoms with Crippen molar-refractivity contribution in [3.8, 4) is 0 Å². The van der Waals surface area contributed by atoms with Crippen LogP contribution >= 0.6 is 12.4 Å². The first-order valence-corrected chi connectivity index (χ1v) is 6.34. The summed E-state index contributed by atoms with van der Waals surface area (Å²) < 4.78 is 0. The maximum absolute atomic E-state index is 11.9. The predicted molar refractivity (Wildman–Crippen MR) is 84.9 cm³/mol. The van der Waals surface area contributed by atoms with E-state index in [2.05, 4.69) is 26.0 Å². The van der Waals surface area contributed by atoms with Gasteiger partial charge in [-0.3, -0.25) is 4.79 Å². The van der Waals surface area contributed by atoms with Crippen LogP contribution in [0.4, 0.5) is 0 Å². The van der Waals surface area contributed by atoms with Gasteiger partial charge >= 0.3 is 0 Å². The van der Waals surface area contributed by atoms with Gasteiger partial charge in [-0.25, -0.2) is 0 Å². The van der Waals surface area contributed by atoms with Crippen LogP contribution in [-0.4, -0.2) is 31.3 Å². The molecule has 1 rings (SSSR count). The van der Waals surface area contributed by atoms with Gasteiger partial charge in [0.15, 0.2) is 5.78 Å². The largest absolute Gasteiger partial charge is 0.309 e. The Morgan fingerprint density at radius 3 is 2.42 bits per heavy atom. The lowest BCUT2D eigenvalue weighted by molar-refractivity contribution is -0.118. The number of allylic oxidation sites excluding steroid dienone is 1. The smallest absolute Gasteiger partial charge is 0.159 e. The average molecular weight is 282 g/mol. The molecule has 0 amide bonds. The molecule has 0 saturated heterocycles. The van der Waals surface area contributed by atoms with Crippen molar-refractivity contribution in [3.05, 3.63) is 41.0 Å². The molecular formula is C16H24ClNO. The Balaban J connectivity index is 0.00000324. The number of carbonyl (C=O) groups is 1. The highest BCUT2D eigenvalue weighted by molar-refractivity contribution is 5.95. The fourth-order valence-corrected chi connectivity index (χ4v) is 1.85. The molecule has 0 aromatic heterocycles. The molecule has 1 atom stereocenters. The van der Waals surface area contributed by atoms with E-state index in [1.165, 1.54) is 11.1 Å². The summed E-state index contributed by atoms with van der Waals surface area (Å²) in [5.41, 5.74) is 3.62. The van der Waals surface area contributed by atoms with Gasteiger partial charge in [0.25, 0.3) is 0 Å². The van der Waals surface area contributed by atoms with Crippen LogP contribution in [0, 0.1) is 19.8 Å². The highest BCUT2D eigenvalue weighted by atomic mass is 35.5. The lowest BCUT2D eigenvalue weighted by Crippen LogP contribution is -2.24. The van der Waals surface area contributed by atoms with Crippen LogP contribution in [0.5, 0.6) is 0 Å². The highest BCUT2D eigenvalue weighted by Gasteiger charge is 2.10. The molecule has 1 unspecified atom stereocenters. The van der Waals surface area contributed by atoms with Crippen LogP contribution < -0.4 is 0 Å². The number of carbonyl (C=O) groups excluding carboxylic acids is 1. The Kier molecular flexibility index (Phi) is 7.65. The summed E-state index contributed by atoms with van der Waals surface area (Å²) in [6.45, 7) is 6.93. The molecule has 1 aromatic rings. The summed E-state index contributed by atoms with van der Waals surface area (Å²) in [4.78, 5) is 13.9. The standard InChI is InChI=1S/C16H23NO.ClH/c1-12-6-7-15(10-13(12)2)8-9-16(18)14(3)11-17(4)5;/h6-10,14H,11H2,1-5H3;1H/b9-8+;. The van der Waals surface area contributed by atoms with Crippen molar-refractivity contribution in [2.45, 2.75) is 20.8 Å². The Morgan fingerprint density at radius 2 is 1.89 bits per heavy atom. The second kappa shape index (κ2) is 8.13. The van der Waals surface area contributed by atoms with Crippen LogP contribution in [0.1, 0.15) is 23.6 Å². The number of halogens is 1. The van der Waals surface area contributed by atoms with E-state index in [1.54, 1.807) is 6.08 Å². The summed E-state index contributed by atoms with van der Waals surface area (Å²) in [7, 11) is 3.97. The van der Waals surface area contributed by atoms with Crippen molar-refractivity contribution in [1.29, 1.82) is 0 Å². The maximum Gasteiger partial charge on any atom is 0.159 e. The lowest BCUT2D eigenvalue weighted by Gasteiger charge is -2.13. The number of rotatable bonds is 5. The summed E-state index contributed by atoms with van der Waals surface area (Å²) in [6.07, 6.45) is 3.60. The summed E-state index contributed by atoms with van der Waals surface area (Å²) in [6, 6.07) is 6.24. The molecule has 1 aromatic carbocycles. The lowest BCUT2D eigenvalue weighted by atomic mass is 10.0. The van der Waals surface area contributed by atoms with E-state index in [1.807, 2.05) is 38.1 Å². The average Bonchev–Trinajstić information content (AvgIpc) is 2.29. The van der Waals surface area contributed by atoms with Gasteiger partial charge < -0.3 is 4.90 Å². The predicted octanol–water partition coefficient (Wildman–Crippen LogP) is 3.51. The quantitative estimate of drug-likeness (QED) is 0.770. The molecule has 0 aliphatic rings. The SMILES string of the molecule is Cc1ccc(/C=C/C(=O)C(C)CN(C)C)cc1C.Cl. The molecule has 0 bridgehead atoms. The van der Waals surface area contributed by atoms with Gasteiger partial charge in [0.05, 0.1) is 0 Å². The first kappa shape index (κ1) is 17.9. The zero-order valence-electron chi connectivity index (χ0n) is 12.4. The Hall–Kier alpha value is -1.12. The van der Waals surface area contributed by atoms with E-state index in [9.17, 15) is 4.79 Å². The summed E-state index contributed by atoms with van der Waals surface area (Å²) in [5, 5.41) is 0. The van der Waals surface area contributed by atoms with Crippen LogP contribution in [0.2, 0.25) is 0 Å². The van der Waals surface area contributed by atoms with E-state index in [0.717, 1.165) is 12.1 Å². The fourth-order valence-electron chi connectivity index (χ4n) is 1.85. The van der Waals surface area contributed by atoms with Crippen LogP contribution in [0.3, 0.4) is 0 Å². The minimum atomic E-state index is 0. The van der Waals surface area contributed by atoms with Crippen molar-refractivity contribution < 1.29 is 4.79 Å². The first-order chi connectivity index (χ1) is 8.40. The fraction of sp³-hybridized carbons (Fsp3) is 0.438. The van der Waals surface area contributed by atoms with Gasteiger partial charge in [0.1, 0.15) is 0 Å². The number of hydrogen-bond donors (Lipinski definition) is 0. The molecule has 0 aliphatic carbocycles. The van der Waals surface area contributed by atoms with Gasteiger partial charge in [-0.2, -0.15) is 0 Å². The minimum absolute atomic E-state index is 0. The van der Waals surface area contributed by atoms with Crippen LogP contribution in [-0.2, 0) is 4.79 Å². The van der Waals surface area contributed by atoms with Gasteiger partial charge in [0, 0.05) is 12.5 Å². The van der Waals surface area contributed by atoms with E-state index >= 15 is 0 Å². The zero-order chi connectivity index (χ0) is 13.7. The molecule has 2 nitrogen and oxygen atoms in total. The number of ketones is 1. The van der Waals surface area contributed by atoms with Gasteiger partial charge in [-0.1, -0.05) is 31.2 Å². The van der Waals surface area contributed by atoms with Gasteiger partial charge in [0.2, 0.25) is 0 Å². The third-order valence-electron chi connectivity index (χ3n) is 3.10. The zero-order valence-corrected chi connectivity index (χ0v) is 13.3. The molecule has 106 valence electrons. The van der Waals surface area contributed by atoms with Crippen molar-refractivity contribution in [2.75, 3.05) is 20.6 Å². The summed E-state index contributed by atoms with van der Waals surface area (Å²) in [5.74, 6) is 0.227. The van der Waals surface area contributed by atoms with Gasteiger partial charge in [-0.15, -0.1) is 12.4 Å². The molecule has 0 radical (unpaired) electrons. The van der Waals surface area contributed by atoms with Crippen molar-refractivity contribution in [2.24, 2.45) is 5.92 Å². The Labute approximate surface area is 122 Å². The monoisotopic (exact) mass is 281 g/mol. The topological polar surface area (TPSA) is 20.3 Å². The molecule has 0 spiro atoms. The van der Waals surface area contributed by atoms with Crippen LogP contribution in [0.15, 0.2) is 24.3 Å². The normalized spacial score (nSPS) is 12.5. The van der Waals surface area contributed by atoms with Gasteiger partial charge in [-0.05, 0) is 50.7 Å². The molecule has 0 aliphatic heterocycles. The third-order valence-corrected chi connectivity index (χ3v) is 3.10. The van der Waals surface area contributed by atoms with E-state index < -0.39 is 0 Å². The second-order valence-corrected chi connectivity index (χ2v) is 5.24. The third kappa shape index (κ3) is 6.04. The van der Waals surface area contributed by atoms with E-state index in [0.29, 0.717) is 0 Å². The number of benzene rings is 1. The molecule has 3 heteroatoms. The van der Waals surface area contributed by atoms with Crippen molar-refractivity contribution in [3.63, 3.8) is 0 Å². The number of hydrogen-bond acceptors (Lipinski definition) is 2. The number of aryl methyl sites for hydroxylation is 2. The Morgan fingerprint density at radius 1 is 1.26 bits per heavy atom.